The zero-order valence-corrected chi connectivity index (χ0v) is 26.6. The molecule has 1 unspecified atom stereocenters. The molecule has 0 saturated heterocycles. The van der Waals surface area contributed by atoms with E-state index in [4.69, 9.17) is 27.4 Å². The molecule has 0 aliphatic rings. The van der Waals surface area contributed by atoms with Gasteiger partial charge in [0.2, 0.25) is 0 Å². The third-order valence-electron chi connectivity index (χ3n) is 6.43. The van der Waals surface area contributed by atoms with Crippen LogP contribution in [0.3, 0.4) is 0 Å². The first-order valence-corrected chi connectivity index (χ1v) is 16.1. The van der Waals surface area contributed by atoms with Gasteiger partial charge in [-0.1, -0.05) is 30.4 Å². The summed E-state index contributed by atoms with van der Waals surface area (Å²) in [6, 6.07) is 15.5. The summed E-state index contributed by atoms with van der Waals surface area (Å²) in [5.74, 6) is 1.64. The van der Waals surface area contributed by atoms with Crippen LogP contribution >= 0.6 is 46.6 Å². The number of hydrogen-bond donors (Lipinski definition) is 1. The number of halogens is 2. The van der Waals surface area contributed by atoms with E-state index < -0.39 is 0 Å². The number of nitro groups is 1. The van der Waals surface area contributed by atoms with Crippen LogP contribution in [-0.2, 0) is 6.42 Å². The highest BCUT2D eigenvalue weighted by atomic mass is 35.5. The van der Waals surface area contributed by atoms with Crippen LogP contribution < -0.4 is 14.1 Å². The topological polar surface area (TPSA) is 91.4 Å². The fraction of sp³-hybridized carbons (Fsp3) is 0.414. The van der Waals surface area contributed by atoms with E-state index in [1.54, 1.807) is 11.4 Å². The Kier molecular flexibility index (Phi) is 13.5. The van der Waals surface area contributed by atoms with Gasteiger partial charge >= 0.3 is 5.00 Å². The second-order valence-electron chi connectivity index (χ2n) is 9.33. The van der Waals surface area contributed by atoms with Gasteiger partial charge in [-0.3, -0.25) is 15.1 Å². The van der Waals surface area contributed by atoms with Gasteiger partial charge in [0, 0.05) is 36.2 Å². The zero-order valence-electron chi connectivity index (χ0n) is 23.5. The maximum Gasteiger partial charge on any atom is 0.328 e. The number of rotatable bonds is 17. The first-order valence-electron chi connectivity index (χ1n) is 13.3. The number of anilines is 2. The molecule has 0 radical (unpaired) electrons. The summed E-state index contributed by atoms with van der Waals surface area (Å²) in [5, 5.41) is 29.4. The maximum absolute atomic E-state index is 11.8. The summed E-state index contributed by atoms with van der Waals surface area (Å²) in [7, 11) is 0. The lowest BCUT2D eigenvalue weighted by atomic mass is 10.0. The highest BCUT2D eigenvalue weighted by Gasteiger charge is 2.26. The summed E-state index contributed by atoms with van der Waals surface area (Å²) in [5.41, 5.74) is 5.53. The van der Waals surface area contributed by atoms with Gasteiger partial charge in [-0.15, -0.1) is 23.2 Å². The lowest BCUT2D eigenvalue weighted by Crippen LogP contribution is -2.27. The quantitative estimate of drug-likeness (QED) is 0.0529. The summed E-state index contributed by atoms with van der Waals surface area (Å²) >= 11 is 14.2. The highest BCUT2D eigenvalue weighted by molar-refractivity contribution is 7.95. The smallest absolute Gasteiger partial charge is 0.328 e. The highest BCUT2D eigenvalue weighted by Crippen LogP contribution is 2.42. The van der Waals surface area contributed by atoms with E-state index in [1.807, 2.05) is 62.2 Å². The molecule has 12 heteroatoms. The van der Waals surface area contributed by atoms with E-state index in [9.17, 15) is 15.2 Å². The Bertz CT molecular complexity index is 1280. The monoisotopic (exact) mass is 638 g/mol. The van der Waals surface area contributed by atoms with Gasteiger partial charge in [-0.2, -0.15) is 5.10 Å². The van der Waals surface area contributed by atoms with Crippen molar-refractivity contribution in [1.82, 2.24) is 0 Å². The van der Waals surface area contributed by atoms with Crippen molar-refractivity contribution in [2.75, 3.05) is 47.9 Å². The fourth-order valence-corrected chi connectivity index (χ4v) is 6.40. The largest absolute Gasteiger partial charge is 0.425 e. The minimum atomic E-state index is -0.333. The van der Waals surface area contributed by atoms with Crippen molar-refractivity contribution in [3.8, 4) is 5.75 Å². The van der Waals surface area contributed by atoms with Crippen molar-refractivity contribution in [2.45, 2.75) is 38.9 Å². The fourth-order valence-electron chi connectivity index (χ4n) is 4.24. The van der Waals surface area contributed by atoms with Gasteiger partial charge in [0.1, 0.15) is 5.75 Å². The van der Waals surface area contributed by atoms with E-state index in [1.165, 1.54) is 12.0 Å². The van der Waals surface area contributed by atoms with Gasteiger partial charge in [0.25, 0.3) is 0 Å². The van der Waals surface area contributed by atoms with Crippen LogP contribution in [0.2, 0.25) is 0 Å². The van der Waals surface area contributed by atoms with Gasteiger partial charge in [-0.05, 0) is 79.6 Å². The van der Waals surface area contributed by atoms with Crippen molar-refractivity contribution in [3.63, 3.8) is 0 Å². The molecule has 0 amide bonds. The molecule has 222 valence electrons. The number of hydrazone groups is 1. The summed E-state index contributed by atoms with van der Waals surface area (Å²) in [6.45, 7) is 7.76. The average molecular weight is 640 g/mol. The molecule has 1 heterocycles. The molecule has 0 fully saturated rings. The van der Waals surface area contributed by atoms with Gasteiger partial charge < -0.3 is 14.2 Å². The Morgan fingerprint density at radius 2 is 1.85 bits per heavy atom. The molecule has 41 heavy (non-hydrogen) atoms. The number of aliphatic hydroxyl groups is 1. The molecule has 1 atom stereocenters. The molecule has 0 bridgehead atoms. The van der Waals surface area contributed by atoms with E-state index in [0.717, 1.165) is 46.0 Å². The Labute approximate surface area is 260 Å². The number of nitrogens with zero attached hydrogens (tertiary/aromatic N) is 4. The van der Waals surface area contributed by atoms with Crippen LogP contribution in [0.15, 0.2) is 59.0 Å². The van der Waals surface area contributed by atoms with Crippen molar-refractivity contribution in [1.29, 1.82) is 0 Å². The Balaban J connectivity index is 1.83. The summed E-state index contributed by atoms with van der Waals surface area (Å²) in [6.07, 6.45) is 1.34. The SMILES string of the molecule is CC/C(C)=N/N(CCO)c1ccc(CC(SOc2ccc(N(CCCl)CCCl)cc2)c2ccsc2[N+](=O)[O-])cc1C. The van der Waals surface area contributed by atoms with Crippen molar-refractivity contribution in [3.05, 3.63) is 80.7 Å². The van der Waals surface area contributed by atoms with Crippen molar-refractivity contribution >= 4 is 68.7 Å². The molecule has 1 aromatic heterocycles. The molecule has 0 aliphatic carbocycles. The molecule has 3 rings (SSSR count). The minimum absolute atomic E-state index is 0.0159. The number of alkyl halides is 2. The second-order valence-corrected chi connectivity index (χ2v) is 11.9. The maximum atomic E-state index is 11.8. The normalized spacial score (nSPS) is 12.3. The number of aliphatic hydroxyl groups excluding tert-OH is 1. The second kappa shape index (κ2) is 16.8. The number of benzene rings is 2. The molecule has 0 aliphatic heterocycles. The van der Waals surface area contributed by atoms with Crippen LogP contribution in [-0.4, -0.2) is 53.7 Å². The predicted octanol–water partition coefficient (Wildman–Crippen LogP) is 7.84. The zero-order chi connectivity index (χ0) is 29.8. The van der Waals surface area contributed by atoms with E-state index >= 15 is 0 Å². The first kappa shape index (κ1) is 33.0. The third kappa shape index (κ3) is 9.51. The Morgan fingerprint density at radius 3 is 2.44 bits per heavy atom. The molecule has 2 aromatic carbocycles. The molecular weight excluding hydrogens is 603 g/mol. The van der Waals surface area contributed by atoms with Gasteiger partial charge in [0.05, 0.1) is 46.6 Å². The Morgan fingerprint density at radius 1 is 1.15 bits per heavy atom. The lowest BCUT2D eigenvalue weighted by molar-refractivity contribution is -0.380. The average Bonchev–Trinajstić information content (AvgIpc) is 3.46. The number of hydrogen-bond acceptors (Lipinski definition) is 9. The van der Waals surface area contributed by atoms with E-state index in [-0.39, 0.29) is 21.8 Å². The molecular formula is C29H36Cl2N4O4S2. The minimum Gasteiger partial charge on any atom is -0.425 e. The number of thiophene rings is 1. The van der Waals surface area contributed by atoms with Crippen LogP contribution in [0.5, 0.6) is 5.75 Å². The standard InChI is InChI=1S/C29H36Cl2N4O4S2/c1-4-22(3)32-34(16-17-36)27-10-5-23(19-21(27)2)20-28(26-11-18-40-29(26)35(37)38)41-39-25-8-6-24(7-9-25)33(14-12-30)15-13-31/h5-11,18-19,28,36H,4,12-17,20H2,1-3H3/b32-22+. The summed E-state index contributed by atoms with van der Waals surface area (Å²) < 4.78 is 6.11. The molecule has 3 aromatic rings. The number of aryl methyl sites for hydroxylation is 1. The van der Waals surface area contributed by atoms with Crippen LogP contribution in [0, 0.1) is 17.0 Å². The van der Waals surface area contributed by atoms with Crippen molar-refractivity contribution < 1.29 is 14.2 Å². The predicted molar refractivity (Wildman–Crippen MR) is 175 cm³/mol. The van der Waals surface area contributed by atoms with Crippen molar-refractivity contribution in [2.24, 2.45) is 5.10 Å². The van der Waals surface area contributed by atoms with Gasteiger partial charge in [0.15, 0.2) is 0 Å². The molecule has 0 saturated carbocycles. The molecule has 8 nitrogen and oxygen atoms in total. The van der Waals surface area contributed by atoms with Crippen LogP contribution in [0.1, 0.15) is 42.2 Å². The third-order valence-corrected chi connectivity index (χ3v) is 8.59. The van der Waals surface area contributed by atoms with Crippen LogP contribution in [0.4, 0.5) is 16.4 Å². The Hall–Kier alpha value is -2.50. The molecule has 0 spiro atoms. The first-order chi connectivity index (χ1) is 19.8. The summed E-state index contributed by atoms with van der Waals surface area (Å²) in [4.78, 5) is 13.5. The van der Waals surface area contributed by atoms with Gasteiger partial charge in [-0.25, -0.2) is 0 Å². The molecule has 1 N–H and O–H groups in total. The van der Waals surface area contributed by atoms with Crippen LogP contribution in [0.25, 0.3) is 0 Å². The van der Waals surface area contributed by atoms with E-state index in [2.05, 4.69) is 16.1 Å². The lowest BCUT2D eigenvalue weighted by Gasteiger charge is -2.23. The van der Waals surface area contributed by atoms with E-state index in [0.29, 0.717) is 49.1 Å².